The predicted molar refractivity (Wildman–Crippen MR) is 79.0 cm³/mol. The van der Waals surface area contributed by atoms with Gasteiger partial charge < -0.3 is 5.32 Å². The quantitative estimate of drug-likeness (QED) is 0.793. The lowest BCUT2D eigenvalue weighted by atomic mass is 9.81. The second-order valence-electron chi connectivity index (χ2n) is 5.50. The maximum absolute atomic E-state index is 13.2. The van der Waals surface area contributed by atoms with Crippen molar-refractivity contribution in [2.75, 3.05) is 6.54 Å². The molecule has 1 atom stereocenters. The molecule has 1 aromatic carbocycles. The summed E-state index contributed by atoms with van der Waals surface area (Å²) in [4.78, 5) is 0. The van der Waals surface area contributed by atoms with Crippen molar-refractivity contribution in [3.05, 3.63) is 34.6 Å². The maximum Gasteiger partial charge on any atom is 0.124 e. The molecule has 0 heterocycles. The average Bonchev–Trinajstić information content (AvgIpc) is 2.42. The highest BCUT2D eigenvalue weighted by Crippen LogP contribution is 2.37. The van der Waals surface area contributed by atoms with Crippen LogP contribution in [0.25, 0.3) is 0 Å². The van der Waals surface area contributed by atoms with E-state index in [4.69, 9.17) is 11.6 Å². The van der Waals surface area contributed by atoms with E-state index in [1.807, 2.05) is 6.07 Å². The maximum atomic E-state index is 13.2. The lowest BCUT2D eigenvalue weighted by Gasteiger charge is -2.32. The molecule has 1 aromatic rings. The van der Waals surface area contributed by atoms with Gasteiger partial charge in [0.1, 0.15) is 5.82 Å². The highest BCUT2D eigenvalue weighted by Gasteiger charge is 2.26. The number of hydrogen-bond donors (Lipinski definition) is 1. The van der Waals surface area contributed by atoms with E-state index >= 15 is 0 Å². The Morgan fingerprint density at radius 1 is 1.32 bits per heavy atom. The minimum Gasteiger partial charge on any atom is -0.310 e. The normalized spacial score (nSPS) is 18.5. The Balaban J connectivity index is 2.19. The molecular weight excluding hydrogens is 261 g/mol. The van der Waals surface area contributed by atoms with E-state index in [2.05, 4.69) is 12.2 Å². The van der Waals surface area contributed by atoms with Crippen molar-refractivity contribution in [2.24, 2.45) is 5.92 Å². The van der Waals surface area contributed by atoms with Crippen molar-refractivity contribution in [1.29, 1.82) is 0 Å². The first-order valence-electron chi connectivity index (χ1n) is 7.40. The molecule has 0 amide bonds. The zero-order valence-corrected chi connectivity index (χ0v) is 12.3. The van der Waals surface area contributed by atoms with E-state index < -0.39 is 0 Å². The van der Waals surface area contributed by atoms with Crippen LogP contribution >= 0.6 is 11.6 Å². The van der Waals surface area contributed by atoms with Gasteiger partial charge in [0.05, 0.1) is 0 Å². The third-order valence-electron chi connectivity index (χ3n) is 4.03. The summed E-state index contributed by atoms with van der Waals surface area (Å²) in [6.07, 6.45) is 7.53. The number of nitrogens with one attached hydrogen (secondary N) is 1. The molecule has 0 spiro atoms. The molecule has 106 valence electrons. The van der Waals surface area contributed by atoms with E-state index in [9.17, 15) is 4.39 Å². The topological polar surface area (TPSA) is 12.0 Å². The van der Waals surface area contributed by atoms with E-state index in [0.29, 0.717) is 10.9 Å². The van der Waals surface area contributed by atoms with Gasteiger partial charge in [-0.05, 0) is 49.4 Å². The molecule has 0 aliphatic heterocycles. The zero-order valence-electron chi connectivity index (χ0n) is 11.6. The first-order chi connectivity index (χ1) is 9.22. The molecule has 1 unspecified atom stereocenters. The summed E-state index contributed by atoms with van der Waals surface area (Å²) in [5, 5.41) is 4.16. The first-order valence-corrected chi connectivity index (χ1v) is 7.78. The fraction of sp³-hybridized carbons (Fsp3) is 0.625. The Morgan fingerprint density at radius 3 is 2.68 bits per heavy atom. The Kier molecular flexibility index (Phi) is 5.65. The standard InChI is InChI=1S/C16H23ClFN/c1-2-10-19-16(12-6-4-3-5-7-12)14-9-8-13(18)11-15(14)17/h8-9,11-12,16,19H,2-7,10H2,1H3. The third-order valence-corrected chi connectivity index (χ3v) is 4.36. The van der Waals surface area contributed by atoms with Crippen LogP contribution in [0.4, 0.5) is 4.39 Å². The highest BCUT2D eigenvalue weighted by atomic mass is 35.5. The molecule has 19 heavy (non-hydrogen) atoms. The Labute approximate surface area is 120 Å². The molecule has 3 heteroatoms. The number of hydrogen-bond acceptors (Lipinski definition) is 1. The summed E-state index contributed by atoms with van der Waals surface area (Å²) in [5.74, 6) is 0.370. The lowest BCUT2D eigenvalue weighted by Crippen LogP contribution is -2.30. The molecule has 0 saturated heterocycles. The van der Waals surface area contributed by atoms with Crippen molar-refractivity contribution in [3.8, 4) is 0 Å². The smallest absolute Gasteiger partial charge is 0.124 e. The summed E-state index contributed by atoms with van der Waals surface area (Å²) >= 11 is 6.24. The Morgan fingerprint density at radius 2 is 2.05 bits per heavy atom. The molecule has 1 aliphatic carbocycles. The monoisotopic (exact) mass is 283 g/mol. The van der Waals surface area contributed by atoms with Crippen LogP contribution in [0.3, 0.4) is 0 Å². The van der Waals surface area contributed by atoms with Gasteiger partial charge in [-0.3, -0.25) is 0 Å². The summed E-state index contributed by atoms with van der Waals surface area (Å²) < 4.78 is 13.2. The Hall–Kier alpha value is -0.600. The SMILES string of the molecule is CCCNC(c1ccc(F)cc1Cl)C1CCCCC1. The second-order valence-corrected chi connectivity index (χ2v) is 5.90. The van der Waals surface area contributed by atoms with Crippen LogP contribution in [-0.2, 0) is 0 Å². The van der Waals surface area contributed by atoms with E-state index in [0.717, 1.165) is 18.5 Å². The molecule has 0 aromatic heterocycles. The van der Waals surface area contributed by atoms with Gasteiger partial charge in [-0.1, -0.05) is 43.9 Å². The van der Waals surface area contributed by atoms with E-state index in [1.54, 1.807) is 0 Å². The van der Waals surface area contributed by atoms with Gasteiger partial charge in [0.2, 0.25) is 0 Å². The molecule has 0 radical (unpaired) electrons. The highest BCUT2D eigenvalue weighted by molar-refractivity contribution is 6.31. The summed E-state index contributed by atoms with van der Waals surface area (Å²) in [7, 11) is 0. The van der Waals surface area contributed by atoms with Crippen LogP contribution < -0.4 is 5.32 Å². The van der Waals surface area contributed by atoms with Crippen LogP contribution in [-0.4, -0.2) is 6.54 Å². The minimum atomic E-state index is -0.258. The molecule has 1 nitrogen and oxygen atoms in total. The van der Waals surface area contributed by atoms with Gasteiger partial charge in [-0.25, -0.2) is 4.39 Å². The third kappa shape index (κ3) is 3.93. The van der Waals surface area contributed by atoms with Gasteiger partial charge in [0.15, 0.2) is 0 Å². The minimum absolute atomic E-state index is 0.258. The van der Waals surface area contributed by atoms with Crippen LogP contribution in [0, 0.1) is 11.7 Å². The lowest BCUT2D eigenvalue weighted by molar-refractivity contribution is 0.272. The van der Waals surface area contributed by atoms with Crippen LogP contribution in [0.15, 0.2) is 18.2 Å². The molecule has 1 fully saturated rings. The van der Waals surface area contributed by atoms with Gasteiger partial charge in [-0.2, -0.15) is 0 Å². The summed E-state index contributed by atoms with van der Waals surface area (Å²) in [6.45, 7) is 3.14. The zero-order chi connectivity index (χ0) is 13.7. The van der Waals surface area contributed by atoms with Crippen molar-refractivity contribution >= 4 is 11.6 Å². The molecule has 1 aliphatic rings. The van der Waals surface area contributed by atoms with Crippen molar-refractivity contribution in [3.63, 3.8) is 0 Å². The first kappa shape index (κ1) is 14.8. The van der Waals surface area contributed by atoms with Gasteiger partial charge in [-0.15, -0.1) is 0 Å². The van der Waals surface area contributed by atoms with E-state index in [-0.39, 0.29) is 11.9 Å². The summed E-state index contributed by atoms with van der Waals surface area (Å²) in [6, 6.07) is 5.07. The molecule has 2 rings (SSSR count). The molecule has 0 bridgehead atoms. The van der Waals surface area contributed by atoms with E-state index in [1.165, 1.54) is 44.2 Å². The number of benzene rings is 1. The number of rotatable bonds is 5. The second kappa shape index (κ2) is 7.25. The van der Waals surface area contributed by atoms with Crippen molar-refractivity contribution in [2.45, 2.75) is 51.5 Å². The van der Waals surface area contributed by atoms with Crippen LogP contribution in [0.2, 0.25) is 5.02 Å². The van der Waals surface area contributed by atoms with Crippen molar-refractivity contribution in [1.82, 2.24) is 5.32 Å². The molecule has 1 N–H and O–H groups in total. The van der Waals surface area contributed by atoms with Crippen LogP contribution in [0.1, 0.15) is 57.1 Å². The largest absolute Gasteiger partial charge is 0.310 e. The fourth-order valence-corrected chi connectivity index (χ4v) is 3.34. The average molecular weight is 284 g/mol. The van der Waals surface area contributed by atoms with Gasteiger partial charge in [0, 0.05) is 11.1 Å². The van der Waals surface area contributed by atoms with Crippen molar-refractivity contribution < 1.29 is 4.39 Å². The molecular formula is C16H23ClFN. The summed E-state index contributed by atoms with van der Waals surface area (Å²) in [5.41, 5.74) is 1.06. The van der Waals surface area contributed by atoms with Gasteiger partial charge >= 0.3 is 0 Å². The predicted octanol–water partition coefficient (Wildman–Crippen LogP) is 5.10. The van der Waals surface area contributed by atoms with Crippen LogP contribution in [0.5, 0.6) is 0 Å². The fourth-order valence-electron chi connectivity index (χ4n) is 3.05. The molecule has 1 saturated carbocycles. The van der Waals surface area contributed by atoms with Gasteiger partial charge in [0.25, 0.3) is 0 Å². The number of halogens is 2. The Bertz CT molecular complexity index is 402.